The highest BCUT2D eigenvalue weighted by molar-refractivity contribution is 7.92. The van der Waals surface area contributed by atoms with E-state index in [1.807, 2.05) is 0 Å². The number of anilines is 2. The molecule has 0 radical (unpaired) electrons. The van der Waals surface area contributed by atoms with Gasteiger partial charge in [0.05, 0.1) is 23.1 Å². The number of oxazole rings is 1. The summed E-state index contributed by atoms with van der Waals surface area (Å²) in [5.41, 5.74) is 1.94. The molecular formula is C25H22FN3O4S. The van der Waals surface area contributed by atoms with Crippen molar-refractivity contribution < 1.29 is 22.0 Å². The van der Waals surface area contributed by atoms with Crippen LogP contribution in [-0.4, -0.2) is 25.1 Å². The van der Waals surface area contributed by atoms with Crippen LogP contribution in [0.25, 0.3) is 22.8 Å². The number of halogens is 1. The standard InChI is InChI=1S/C25H22FN3O4S/c1-2-15-34(31,32)29-18-13-11-17(12-14-18)28-24(30)19-7-3-4-8-20(19)25-27-16-23(33-25)21-9-5-6-10-22(21)26/h3-14,16,29H,2,15H2,1H3,(H,28,30). The second-order valence-electron chi connectivity index (χ2n) is 7.51. The van der Waals surface area contributed by atoms with Crippen LogP contribution in [0, 0.1) is 5.82 Å². The van der Waals surface area contributed by atoms with E-state index in [-0.39, 0.29) is 23.0 Å². The van der Waals surface area contributed by atoms with Gasteiger partial charge in [-0.2, -0.15) is 0 Å². The smallest absolute Gasteiger partial charge is 0.256 e. The first kappa shape index (κ1) is 23.2. The SMILES string of the molecule is CCCS(=O)(=O)Nc1ccc(NC(=O)c2ccccc2-c2ncc(-c3ccccc3F)o2)cc1. The van der Waals surface area contributed by atoms with Gasteiger partial charge in [-0.15, -0.1) is 0 Å². The third kappa shape index (κ3) is 5.32. The molecule has 34 heavy (non-hydrogen) atoms. The van der Waals surface area contributed by atoms with Crippen molar-refractivity contribution in [3.8, 4) is 22.8 Å². The summed E-state index contributed by atoms with van der Waals surface area (Å²) in [6.45, 7) is 1.79. The highest BCUT2D eigenvalue weighted by atomic mass is 32.2. The fourth-order valence-corrected chi connectivity index (χ4v) is 4.51. The fourth-order valence-electron chi connectivity index (χ4n) is 3.37. The van der Waals surface area contributed by atoms with E-state index in [0.29, 0.717) is 28.9 Å². The maximum atomic E-state index is 14.1. The molecule has 1 amide bonds. The number of amides is 1. The van der Waals surface area contributed by atoms with Crippen molar-refractivity contribution in [3.05, 3.63) is 90.4 Å². The second-order valence-corrected chi connectivity index (χ2v) is 9.35. The lowest BCUT2D eigenvalue weighted by molar-refractivity contribution is 0.102. The lowest BCUT2D eigenvalue weighted by Crippen LogP contribution is -2.16. The monoisotopic (exact) mass is 479 g/mol. The molecule has 0 saturated carbocycles. The zero-order valence-corrected chi connectivity index (χ0v) is 19.1. The first-order valence-electron chi connectivity index (χ1n) is 10.6. The van der Waals surface area contributed by atoms with Gasteiger partial charge in [-0.25, -0.2) is 17.8 Å². The molecule has 7 nitrogen and oxygen atoms in total. The molecule has 0 aliphatic heterocycles. The Morgan fingerprint density at radius 2 is 1.59 bits per heavy atom. The Balaban J connectivity index is 1.53. The largest absolute Gasteiger partial charge is 0.436 e. The first-order chi connectivity index (χ1) is 16.4. The van der Waals surface area contributed by atoms with E-state index in [2.05, 4.69) is 15.0 Å². The van der Waals surface area contributed by atoms with Gasteiger partial charge < -0.3 is 9.73 Å². The van der Waals surface area contributed by atoms with Crippen LogP contribution in [0.15, 0.2) is 83.4 Å². The van der Waals surface area contributed by atoms with Gasteiger partial charge in [-0.3, -0.25) is 9.52 Å². The van der Waals surface area contributed by atoms with Crippen molar-refractivity contribution in [1.29, 1.82) is 0 Å². The zero-order valence-electron chi connectivity index (χ0n) is 18.3. The first-order valence-corrected chi connectivity index (χ1v) is 12.2. The van der Waals surface area contributed by atoms with E-state index in [1.54, 1.807) is 73.7 Å². The zero-order chi connectivity index (χ0) is 24.1. The summed E-state index contributed by atoms with van der Waals surface area (Å²) < 4.78 is 46.2. The number of hydrogen-bond acceptors (Lipinski definition) is 5. The van der Waals surface area contributed by atoms with E-state index in [4.69, 9.17) is 4.42 Å². The molecule has 0 saturated heterocycles. The molecule has 1 heterocycles. The number of rotatable bonds is 8. The van der Waals surface area contributed by atoms with Crippen molar-refractivity contribution in [3.63, 3.8) is 0 Å². The molecule has 3 aromatic carbocycles. The topological polar surface area (TPSA) is 101 Å². The normalized spacial score (nSPS) is 11.2. The van der Waals surface area contributed by atoms with Crippen molar-refractivity contribution in [2.45, 2.75) is 13.3 Å². The van der Waals surface area contributed by atoms with Crippen LogP contribution < -0.4 is 10.0 Å². The van der Waals surface area contributed by atoms with E-state index in [0.717, 1.165) is 0 Å². The van der Waals surface area contributed by atoms with Crippen LogP contribution in [0.2, 0.25) is 0 Å². The molecule has 9 heteroatoms. The van der Waals surface area contributed by atoms with E-state index >= 15 is 0 Å². The molecule has 0 atom stereocenters. The number of sulfonamides is 1. The molecule has 2 N–H and O–H groups in total. The van der Waals surface area contributed by atoms with Crippen LogP contribution in [-0.2, 0) is 10.0 Å². The van der Waals surface area contributed by atoms with Crippen molar-refractivity contribution in [2.75, 3.05) is 15.8 Å². The van der Waals surface area contributed by atoms with Gasteiger partial charge in [0.2, 0.25) is 15.9 Å². The summed E-state index contributed by atoms with van der Waals surface area (Å²) in [7, 11) is -3.40. The number of aromatic nitrogens is 1. The summed E-state index contributed by atoms with van der Waals surface area (Å²) in [5, 5.41) is 2.79. The Labute approximate surface area is 196 Å². The third-order valence-corrected chi connectivity index (χ3v) is 6.43. The fraction of sp³-hybridized carbons (Fsp3) is 0.120. The summed E-state index contributed by atoms with van der Waals surface area (Å²) in [4.78, 5) is 17.2. The molecule has 0 fully saturated rings. The Kier molecular flexibility index (Phi) is 6.74. The van der Waals surface area contributed by atoms with Crippen molar-refractivity contribution >= 4 is 27.3 Å². The highest BCUT2D eigenvalue weighted by Gasteiger charge is 2.18. The number of nitrogens with zero attached hydrogens (tertiary/aromatic N) is 1. The average Bonchev–Trinajstić information content (AvgIpc) is 3.30. The molecular weight excluding hydrogens is 457 g/mol. The molecule has 0 aliphatic carbocycles. The van der Waals surface area contributed by atoms with E-state index in [9.17, 15) is 17.6 Å². The number of carbonyl (C=O) groups is 1. The van der Waals surface area contributed by atoms with Crippen molar-refractivity contribution in [2.24, 2.45) is 0 Å². The van der Waals surface area contributed by atoms with Gasteiger partial charge >= 0.3 is 0 Å². The minimum atomic E-state index is -3.40. The summed E-state index contributed by atoms with van der Waals surface area (Å²) in [6.07, 6.45) is 1.93. The number of hydrogen-bond donors (Lipinski definition) is 2. The quantitative estimate of drug-likeness (QED) is 0.345. The second kappa shape index (κ2) is 9.88. The summed E-state index contributed by atoms with van der Waals surface area (Å²) in [6, 6.07) is 19.3. The predicted octanol–water partition coefficient (Wildman–Crippen LogP) is 5.55. The number of benzene rings is 3. The maximum absolute atomic E-state index is 14.1. The molecule has 0 spiro atoms. The van der Waals surface area contributed by atoms with Crippen LogP contribution in [0.3, 0.4) is 0 Å². The molecule has 0 bridgehead atoms. The van der Waals surface area contributed by atoms with Gasteiger partial charge in [0, 0.05) is 16.9 Å². The molecule has 0 aliphatic rings. The van der Waals surface area contributed by atoms with Crippen molar-refractivity contribution in [1.82, 2.24) is 4.98 Å². The van der Waals surface area contributed by atoms with Gasteiger partial charge in [0.1, 0.15) is 5.82 Å². The molecule has 4 aromatic rings. The summed E-state index contributed by atoms with van der Waals surface area (Å²) >= 11 is 0. The third-order valence-electron chi connectivity index (χ3n) is 4.94. The Bertz CT molecular complexity index is 1420. The van der Waals surface area contributed by atoms with Crippen LogP contribution in [0.1, 0.15) is 23.7 Å². The molecule has 174 valence electrons. The lowest BCUT2D eigenvalue weighted by atomic mass is 10.1. The predicted molar refractivity (Wildman–Crippen MR) is 129 cm³/mol. The Hall–Kier alpha value is -3.98. The van der Waals surface area contributed by atoms with Gasteiger partial charge in [0.15, 0.2) is 5.76 Å². The number of carbonyl (C=O) groups excluding carboxylic acids is 1. The Morgan fingerprint density at radius 1 is 0.941 bits per heavy atom. The molecule has 1 aromatic heterocycles. The minimum absolute atomic E-state index is 0.0295. The maximum Gasteiger partial charge on any atom is 0.256 e. The summed E-state index contributed by atoms with van der Waals surface area (Å²) in [5.74, 6) is -0.367. The molecule has 4 rings (SSSR count). The van der Waals surface area contributed by atoms with Gasteiger partial charge in [-0.05, 0) is 55.0 Å². The van der Waals surface area contributed by atoms with Gasteiger partial charge in [-0.1, -0.05) is 31.2 Å². The minimum Gasteiger partial charge on any atom is -0.436 e. The lowest BCUT2D eigenvalue weighted by Gasteiger charge is -2.10. The molecule has 0 unspecified atom stereocenters. The average molecular weight is 480 g/mol. The Morgan fingerprint density at radius 3 is 2.29 bits per heavy atom. The van der Waals surface area contributed by atoms with Crippen LogP contribution in [0.4, 0.5) is 15.8 Å². The number of nitrogens with one attached hydrogen (secondary N) is 2. The van der Waals surface area contributed by atoms with Gasteiger partial charge in [0.25, 0.3) is 5.91 Å². The van der Waals surface area contributed by atoms with Crippen LogP contribution in [0.5, 0.6) is 0 Å². The van der Waals surface area contributed by atoms with E-state index < -0.39 is 21.7 Å². The highest BCUT2D eigenvalue weighted by Crippen LogP contribution is 2.30. The van der Waals surface area contributed by atoms with E-state index in [1.165, 1.54) is 12.3 Å². The van der Waals surface area contributed by atoms with Crippen LogP contribution >= 0.6 is 0 Å².